The highest BCUT2D eigenvalue weighted by atomic mass is 32.1. The molecule has 0 rings (SSSR count). The Morgan fingerprint density at radius 3 is 2.18 bits per heavy atom. The van der Waals surface area contributed by atoms with Crippen molar-refractivity contribution in [1.29, 1.82) is 0 Å². The Balaban J connectivity index is 3.88. The molecule has 0 amide bonds. The van der Waals surface area contributed by atoms with Crippen LogP contribution in [0.15, 0.2) is 0 Å². The lowest BCUT2D eigenvalue weighted by atomic mass is 10.1. The van der Waals surface area contributed by atoms with Crippen molar-refractivity contribution in [3.05, 3.63) is 0 Å². The molecule has 0 aliphatic heterocycles. The molecular weight excluding hydrogens is 156 g/mol. The molecule has 0 radical (unpaired) electrons. The third-order valence-corrected chi connectivity index (χ3v) is 1.72. The van der Waals surface area contributed by atoms with Crippen LogP contribution in [0.3, 0.4) is 0 Å². The van der Waals surface area contributed by atoms with E-state index in [1.54, 1.807) is 0 Å². The normalized spacial score (nSPS) is 11.0. The number of nitrogens with zero attached hydrogens (tertiary/aromatic N) is 1. The molecule has 3 heteroatoms. The van der Waals surface area contributed by atoms with E-state index >= 15 is 0 Å². The van der Waals surface area contributed by atoms with Crippen LogP contribution in [0.5, 0.6) is 0 Å². The van der Waals surface area contributed by atoms with Gasteiger partial charge in [0.2, 0.25) is 0 Å². The van der Waals surface area contributed by atoms with Crippen molar-refractivity contribution < 1.29 is 0 Å². The Kier molecular flexibility index (Phi) is 3.79. The molecule has 0 saturated carbocycles. The molecule has 2 nitrogen and oxygen atoms in total. The molecule has 0 aromatic rings. The van der Waals surface area contributed by atoms with Gasteiger partial charge in [0.05, 0.1) is 0 Å². The average molecular weight is 174 g/mol. The number of thiocarbonyl (C=S) groups is 1. The third-order valence-electron chi connectivity index (χ3n) is 1.30. The van der Waals surface area contributed by atoms with E-state index in [4.69, 9.17) is 12.2 Å². The lowest BCUT2D eigenvalue weighted by molar-refractivity contribution is 0.452. The van der Waals surface area contributed by atoms with Crippen LogP contribution >= 0.6 is 12.2 Å². The van der Waals surface area contributed by atoms with Gasteiger partial charge in [-0.05, 0) is 39.9 Å². The minimum Gasteiger partial charge on any atom is -0.358 e. The van der Waals surface area contributed by atoms with Crippen LogP contribution in [-0.2, 0) is 0 Å². The van der Waals surface area contributed by atoms with Crippen molar-refractivity contribution in [3.8, 4) is 0 Å². The van der Waals surface area contributed by atoms with E-state index in [2.05, 4.69) is 33.0 Å². The van der Waals surface area contributed by atoms with Gasteiger partial charge in [-0.25, -0.2) is 0 Å². The summed E-state index contributed by atoms with van der Waals surface area (Å²) in [5.41, 5.74) is 0.0700. The van der Waals surface area contributed by atoms with Gasteiger partial charge < -0.3 is 10.2 Å². The summed E-state index contributed by atoms with van der Waals surface area (Å²) >= 11 is 5.14. The molecule has 0 aromatic carbocycles. The summed E-state index contributed by atoms with van der Waals surface area (Å²) in [5.74, 6) is 0. The van der Waals surface area contributed by atoms with E-state index in [1.165, 1.54) is 0 Å². The molecule has 1 N–H and O–H groups in total. The van der Waals surface area contributed by atoms with Crippen molar-refractivity contribution in [3.63, 3.8) is 0 Å². The first-order chi connectivity index (χ1) is 4.87. The zero-order valence-corrected chi connectivity index (χ0v) is 8.88. The summed E-state index contributed by atoms with van der Waals surface area (Å²) in [7, 11) is 1.99. The predicted molar refractivity (Wildman–Crippen MR) is 53.8 cm³/mol. The fourth-order valence-electron chi connectivity index (χ4n) is 0.560. The average Bonchev–Trinajstić information content (AvgIpc) is 1.82. The van der Waals surface area contributed by atoms with Crippen LogP contribution < -0.4 is 5.32 Å². The molecule has 0 aromatic heterocycles. The molecule has 0 saturated heterocycles. The number of hydrogen-bond acceptors (Lipinski definition) is 1. The number of rotatable bonds is 1. The monoisotopic (exact) mass is 174 g/mol. The van der Waals surface area contributed by atoms with Gasteiger partial charge in [-0.3, -0.25) is 0 Å². The Labute approximate surface area is 75.0 Å². The summed E-state index contributed by atoms with van der Waals surface area (Å²) in [5, 5.41) is 4.05. The Morgan fingerprint density at radius 1 is 1.45 bits per heavy atom. The standard InChI is InChI=1S/C8H18N2S/c1-6-10(5)7(11)9-8(2,3)4/h6H2,1-5H3,(H,9,11). The largest absolute Gasteiger partial charge is 0.358 e. The molecule has 0 fully saturated rings. The number of nitrogens with one attached hydrogen (secondary N) is 1. The molecule has 0 spiro atoms. The molecule has 0 aliphatic rings. The van der Waals surface area contributed by atoms with E-state index in [9.17, 15) is 0 Å². The van der Waals surface area contributed by atoms with Gasteiger partial charge in [-0.1, -0.05) is 0 Å². The van der Waals surface area contributed by atoms with Crippen LogP contribution in [0.25, 0.3) is 0 Å². The maximum Gasteiger partial charge on any atom is 0.169 e. The first-order valence-corrected chi connectivity index (χ1v) is 4.31. The smallest absolute Gasteiger partial charge is 0.169 e. The highest BCUT2D eigenvalue weighted by Gasteiger charge is 2.12. The highest BCUT2D eigenvalue weighted by Crippen LogP contribution is 1.99. The van der Waals surface area contributed by atoms with Crippen LogP contribution in [0, 0.1) is 0 Å². The topological polar surface area (TPSA) is 15.3 Å². The lowest BCUT2D eigenvalue weighted by Crippen LogP contribution is -2.46. The summed E-state index contributed by atoms with van der Waals surface area (Å²) in [6.07, 6.45) is 0. The van der Waals surface area contributed by atoms with E-state index < -0.39 is 0 Å². The van der Waals surface area contributed by atoms with Gasteiger partial charge in [-0.2, -0.15) is 0 Å². The predicted octanol–water partition coefficient (Wildman–Crippen LogP) is 1.61. The fraction of sp³-hybridized carbons (Fsp3) is 0.875. The van der Waals surface area contributed by atoms with Crippen LogP contribution in [0.2, 0.25) is 0 Å². The van der Waals surface area contributed by atoms with Crippen molar-refractivity contribution in [2.45, 2.75) is 33.2 Å². The molecule has 0 unspecified atom stereocenters. The summed E-state index contributed by atoms with van der Waals surface area (Å²) < 4.78 is 0. The van der Waals surface area contributed by atoms with Crippen molar-refractivity contribution in [2.24, 2.45) is 0 Å². The molecule has 11 heavy (non-hydrogen) atoms. The molecule has 0 bridgehead atoms. The minimum atomic E-state index is 0.0700. The molecule has 66 valence electrons. The summed E-state index contributed by atoms with van der Waals surface area (Å²) in [4.78, 5) is 2.01. The highest BCUT2D eigenvalue weighted by molar-refractivity contribution is 7.80. The second-order valence-electron chi connectivity index (χ2n) is 3.69. The zero-order valence-electron chi connectivity index (χ0n) is 8.06. The van der Waals surface area contributed by atoms with Crippen molar-refractivity contribution in [2.75, 3.05) is 13.6 Å². The molecule has 0 aliphatic carbocycles. The van der Waals surface area contributed by atoms with Crippen LogP contribution in [0.4, 0.5) is 0 Å². The Hall–Kier alpha value is -0.310. The van der Waals surface area contributed by atoms with Crippen LogP contribution in [0.1, 0.15) is 27.7 Å². The Bertz CT molecular complexity index is 138. The second kappa shape index (κ2) is 3.90. The summed E-state index contributed by atoms with van der Waals surface area (Å²) in [6, 6.07) is 0. The van der Waals surface area contributed by atoms with E-state index in [0.29, 0.717) is 0 Å². The second-order valence-corrected chi connectivity index (χ2v) is 4.08. The van der Waals surface area contributed by atoms with E-state index in [1.807, 2.05) is 11.9 Å². The Morgan fingerprint density at radius 2 is 1.91 bits per heavy atom. The maximum atomic E-state index is 5.14. The molecular formula is C8H18N2S. The van der Waals surface area contributed by atoms with Gasteiger partial charge in [0.1, 0.15) is 0 Å². The van der Waals surface area contributed by atoms with Crippen molar-refractivity contribution in [1.82, 2.24) is 10.2 Å². The number of hydrogen-bond donors (Lipinski definition) is 1. The van der Waals surface area contributed by atoms with Crippen molar-refractivity contribution >= 4 is 17.3 Å². The van der Waals surface area contributed by atoms with Gasteiger partial charge >= 0.3 is 0 Å². The van der Waals surface area contributed by atoms with Gasteiger partial charge in [0.15, 0.2) is 5.11 Å². The van der Waals surface area contributed by atoms with E-state index in [0.717, 1.165) is 11.7 Å². The third kappa shape index (κ3) is 5.01. The minimum absolute atomic E-state index is 0.0700. The van der Waals surface area contributed by atoms with E-state index in [-0.39, 0.29) is 5.54 Å². The fourth-order valence-corrected chi connectivity index (χ4v) is 0.995. The first kappa shape index (κ1) is 10.7. The zero-order chi connectivity index (χ0) is 9.07. The van der Waals surface area contributed by atoms with Crippen LogP contribution in [-0.4, -0.2) is 29.1 Å². The molecule has 0 atom stereocenters. The first-order valence-electron chi connectivity index (χ1n) is 3.90. The lowest BCUT2D eigenvalue weighted by Gasteiger charge is -2.27. The quantitative estimate of drug-likeness (QED) is 0.608. The SMILES string of the molecule is CCN(C)C(=S)NC(C)(C)C. The van der Waals surface area contributed by atoms with Gasteiger partial charge in [0, 0.05) is 19.1 Å². The summed E-state index contributed by atoms with van der Waals surface area (Å²) in [6.45, 7) is 9.33. The molecule has 0 heterocycles. The van der Waals surface area contributed by atoms with Gasteiger partial charge in [-0.15, -0.1) is 0 Å². The maximum absolute atomic E-state index is 5.14. The van der Waals surface area contributed by atoms with Gasteiger partial charge in [0.25, 0.3) is 0 Å².